The lowest BCUT2D eigenvalue weighted by molar-refractivity contribution is 0.233. The van der Waals surface area contributed by atoms with Gasteiger partial charge in [-0.05, 0) is 17.0 Å². The zero-order chi connectivity index (χ0) is 10.5. The molecule has 0 amide bonds. The van der Waals surface area contributed by atoms with Crippen LogP contribution in [0.3, 0.4) is 0 Å². The van der Waals surface area contributed by atoms with Gasteiger partial charge in [-0.25, -0.2) is 0 Å². The van der Waals surface area contributed by atoms with E-state index in [0.717, 1.165) is 10.4 Å². The number of aliphatic hydroxyl groups excluding tert-OH is 1. The Bertz CT molecular complexity index is 417. The third-order valence-corrected chi connectivity index (χ3v) is 3.05. The zero-order valence-electron chi connectivity index (χ0n) is 8.21. The molecule has 0 aliphatic rings. The van der Waals surface area contributed by atoms with Crippen LogP contribution in [0.1, 0.15) is 16.5 Å². The van der Waals surface area contributed by atoms with Crippen LogP contribution in [0.4, 0.5) is 0 Å². The normalized spacial score (nSPS) is 13.1. The summed E-state index contributed by atoms with van der Waals surface area (Å²) in [7, 11) is 0. The maximum absolute atomic E-state index is 9.79. The van der Waals surface area contributed by atoms with Gasteiger partial charge in [0.2, 0.25) is 0 Å². The third kappa shape index (κ3) is 2.78. The predicted molar refractivity (Wildman–Crippen MR) is 64.8 cm³/mol. The van der Waals surface area contributed by atoms with Gasteiger partial charge in [0.25, 0.3) is 0 Å². The maximum atomic E-state index is 9.79. The highest BCUT2D eigenvalue weighted by molar-refractivity contribution is 7.10. The predicted octanol–water partition coefficient (Wildman–Crippen LogP) is 3.49. The second-order valence-electron chi connectivity index (χ2n) is 3.23. The van der Waals surface area contributed by atoms with Gasteiger partial charge in [-0.3, -0.25) is 0 Å². The van der Waals surface area contributed by atoms with E-state index in [0.29, 0.717) is 0 Å². The number of hydrogen-bond donors (Lipinski definition) is 1. The largest absolute Gasteiger partial charge is 0.383 e. The molecule has 2 rings (SSSR count). The molecule has 0 bridgehead atoms. The summed E-state index contributed by atoms with van der Waals surface area (Å²) < 4.78 is 0. The van der Waals surface area contributed by atoms with Crippen molar-refractivity contribution >= 4 is 17.4 Å². The summed E-state index contributed by atoms with van der Waals surface area (Å²) in [6.45, 7) is 0. The molecule has 2 heteroatoms. The van der Waals surface area contributed by atoms with Crippen molar-refractivity contribution in [2.45, 2.75) is 6.10 Å². The molecule has 1 nitrogen and oxygen atoms in total. The van der Waals surface area contributed by atoms with E-state index in [1.165, 1.54) is 0 Å². The van der Waals surface area contributed by atoms with Crippen LogP contribution in [0.5, 0.6) is 0 Å². The van der Waals surface area contributed by atoms with E-state index in [4.69, 9.17) is 0 Å². The number of rotatable bonds is 3. The summed E-state index contributed by atoms with van der Waals surface area (Å²) in [4.78, 5) is 0.974. The summed E-state index contributed by atoms with van der Waals surface area (Å²) in [5, 5.41) is 11.8. The number of aliphatic hydroxyl groups is 1. The molecule has 1 heterocycles. The van der Waals surface area contributed by atoms with Gasteiger partial charge in [-0.15, -0.1) is 11.3 Å². The summed E-state index contributed by atoms with van der Waals surface area (Å²) in [5.74, 6) is 0. The summed E-state index contributed by atoms with van der Waals surface area (Å²) in [6, 6.07) is 13.8. The van der Waals surface area contributed by atoms with Gasteiger partial charge in [0.15, 0.2) is 0 Å². The fourth-order valence-electron chi connectivity index (χ4n) is 1.32. The molecule has 2 aromatic rings. The van der Waals surface area contributed by atoms with E-state index in [1.807, 2.05) is 53.9 Å². The Morgan fingerprint density at radius 3 is 2.53 bits per heavy atom. The Labute approximate surface area is 93.3 Å². The molecule has 15 heavy (non-hydrogen) atoms. The molecule has 1 aromatic heterocycles. The highest BCUT2D eigenvalue weighted by Crippen LogP contribution is 2.20. The molecule has 0 spiro atoms. The van der Waals surface area contributed by atoms with Gasteiger partial charge in [-0.2, -0.15) is 0 Å². The molecular formula is C13H12OS. The van der Waals surface area contributed by atoms with Crippen molar-refractivity contribution in [2.75, 3.05) is 0 Å². The first-order valence-electron chi connectivity index (χ1n) is 4.81. The topological polar surface area (TPSA) is 20.2 Å². The second-order valence-corrected chi connectivity index (χ2v) is 4.21. The fourth-order valence-corrected chi connectivity index (χ4v) is 2.01. The van der Waals surface area contributed by atoms with E-state index in [9.17, 15) is 5.11 Å². The van der Waals surface area contributed by atoms with Gasteiger partial charge in [-0.1, -0.05) is 48.6 Å². The third-order valence-electron chi connectivity index (χ3n) is 2.11. The van der Waals surface area contributed by atoms with Crippen LogP contribution in [0.15, 0.2) is 53.9 Å². The molecule has 0 saturated heterocycles. The maximum Gasteiger partial charge on any atom is 0.107 e. The van der Waals surface area contributed by atoms with Gasteiger partial charge in [0.1, 0.15) is 6.10 Å². The monoisotopic (exact) mass is 216 g/mol. The average molecular weight is 216 g/mol. The van der Waals surface area contributed by atoms with Crippen molar-refractivity contribution in [3.05, 3.63) is 64.4 Å². The summed E-state index contributed by atoms with van der Waals surface area (Å²) >= 11 is 1.56. The number of thiophene rings is 1. The minimum absolute atomic E-state index is 0.495. The Hall–Kier alpha value is -1.38. The molecule has 0 radical (unpaired) electrons. The molecule has 76 valence electrons. The minimum Gasteiger partial charge on any atom is -0.383 e. The molecule has 0 aliphatic heterocycles. The highest BCUT2D eigenvalue weighted by atomic mass is 32.1. The lowest BCUT2D eigenvalue weighted by atomic mass is 10.2. The van der Waals surface area contributed by atoms with Crippen molar-refractivity contribution in [3.8, 4) is 0 Å². The number of benzene rings is 1. The van der Waals surface area contributed by atoms with E-state index in [-0.39, 0.29) is 0 Å². The van der Waals surface area contributed by atoms with Crippen LogP contribution in [0.2, 0.25) is 0 Å². The van der Waals surface area contributed by atoms with Crippen molar-refractivity contribution < 1.29 is 5.11 Å². The van der Waals surface area contributed by atoms with Gasteiger partial charge >= 0.3 is 0 Å². The average Bonchev–Trinajstić information content (AvgIpc) is 2.81. The molecular weight excluding hydrogens is 204 g/mol. The van der Waals surface area contributed by atoms with E-state index >= 15 is 0 Å². The molecule has 1 N–H and O–H groups in total. The first-order valence-corrected chi connectivity index (χ1v) is 5.69. The highest BCUT2D eigenvalue weighted by Gasteiger charge is 2.02. The molecule has 1 atom stereocenters. The lowest BCUT2D eigenvalue weighted by Gasteiger charge is -2.00. The molecule has 1 aromatic carbocycles. The van der Waals surface area contributed by atoms with Crippen LogP contribution >= 0.6 is 11.3 Å². The van der Waals surface area contributed by atoms with Crippen molar-refractivity contribution in [2.24, 2.45) is 0 Å². The Balaban J connectivity index is 2.06. The van der Waals surface area contributed by atoms with Gasteiger partial charge < -0.3 is 5.11 Å². The van der Waals surface area contributed by atoms with Gasteiger partial charge in [0, 0.05) is 4.88 Å². The lowest BCUT2D eigenvalue weighted by Crippen LogP contribution is -1.87. The van der Waals surface area contributed by atoms with E-state index < -0.39 is 6.10 Å². The van der Waals surface area contributed by atoms with Crippen LogP contribution in [0.25, 0.3) is 6.08 Å². The quantitative estimate of drug-likeness (QED) is 0.832. The van der Waals surface area contributed by atoms with Crippen molar-refractivity contribution in [3.63, 3.8) is 0 Å². The second kappa shape index (κ2) is 4.91. The Morgan fingerprint density at radius 1 is 1.07 bits per heavy atom. The van der Waals surface area contributed by atoms with Crippen LogP contribution in [0, 0.1) is 0 Å². The summed E-state index contributed by atoms with van der Waals surface area (Å²) in [5.41, 5.74) is 1.10. The van der Waals surface area contributed by atoms with Crippen LogP contribution in [-0.4, -0.2) is 5.11 Å². The fraction of sp³-hybridized carbons (Fsp3) is 0.0769. The van der Waals surface area contributed by atoms with Gasteiger partial charge in [0.05, 0.1) is 0 Å². The van der Waals surface area contributed by atoms with Crippen LogP contribution in [-0.2, 0) is 0 Å². The van der Waals surface area contributed by atoms with E-state index in [1.54, 1.807) is 17.4 Å². The zero-order valence-corrected chi connectivity index (χ0v) is 9.02. The number of hydrogen-bond acceptors (Lipinski definition) is 2. The van der Waals surface area contributed by atoms with Crippen LogP contribution < -0.4 is 0 Å². The minimum atomic E-state index is -0.495. The molecule has 0 saturated carbocycles. The first kappa shape index (κ1) is 10.1. The van der Waals surface area contributed by atoms with Crippen molar-refractivity contribution in [1.29, 1.82) is 0 Å². The van der Waals surface area contributed by atoms with E-state index in [2.05, 4.69) is 0 Å². The first-order chi connectivity index (χ1) is 7.36. The SMILES string of the molecule is OC(/C=C/c1ccccc1)c1cccs1. The Kier molecular flexibility index (Phi) is 3.33. The van der Waals surface area contributed by atoms with Crippen molar-refractivity contribution in [1.82, 2.24) is 0 Å². The standard InChI is InChI=1S/C13H12OS/c14-12(13-7-4-10-15-13)9-8-11-5-2-1-3-6-11/h1-10,12,14H/b9-8+. The molecule has 0 aliphatic carbocycles. The molecule has 1 unspecified atom stereocenters. The smallest absolute Gasteiger partial charge is 0.107 e. The Morgan fingerprint density at radius 2 is 1.87 bits per heavy atom. The summed E-state index contributed by atoms with van der Waals surface area (Å²) in [6.07, 6.45) is 3.25. The molecule has 0 fully saturated rings.